The van der Waals surface area contributed by atoms with Crippen molar-refractivity contribution in [2.45, 2.75) is 13.5 Å². The minimum atomic E-state index is 0.475. The fraction of sp³-hybridized carbons (Fsp3) is 0.316. The van der Waals surface area contributed by atoms with Gasteiger partial charge in [0.1, 0.15) is 11.6 Å². The predicted molar refractivity (Wildman–Crippen MR) is 108 cm³/mol. The molecule has 0 fully saturated rings. The van der Waals surface area contributed by atoms with E-state index < -0.39 is 0 Å². The van der Waals surface area contributed by atoms with Gasteiger partial charge in [-0.1, -0.05) is 40.3 Å². The number of thiocarbonyl (C=S) groups is 1. The van der Waals surface area contributed by atoms with Crippen LogP contribution in [0.3, 0.4) is 0 Å². The molecule has 0 unspecified atom stereocenters. The maximum Gasteiger partial charge on any atom is 0.161 e. The number of halogens is 1. The topological polar surface area (TPSA) is 39.7 Å². The molecule has 1 N–H and O–H groups in total. The maximum absolute atomic E-state index is 5.92. The molecule has 0 saturated heterocycles. The zero-order valence-corrected chi connectivity index (χ0v) is 16.8. The van der Waals surface area contributed by atoms with Crippen LogP contribution in [0.25, 0.3) is 0 Å². The molecule has 25 heavy (non-hydrogen) atoms. The van der Waals surface area contributed by atoms with Crippen LogP contribution < -0.4 is 14.8 Å². The summed E-state index contributed by atoms with van der Waals surface area (Å²) in [5.41, 5.74) is 1.98. The summed E-state index contributed by atoms with van der Waals surface area (Å²) in [6, 6.07) is 13.8. The molecule has 0 amide bonds. The number of rotatable bonds is 9. The Labute approximate surface area is 162 Å². The first kappa shape index (κ1) is 19.7. The molecule has 0 aliphatic carbocycles. The highest BCUT2D eigenvalue weighted by molar-refractivity contribution is 9.10. The van der Waals surface area contributed by atoms with Gasteiger partial charge in [-0.2, -0.15) is 0 Å². The van der Waals surface area contributed by atoms with Crippen molar-refractivity contribution in [2.75, 3.05) is 26.9 Å². The first-order valence-corrected chi connectivity index (χ1v) is 9.25. The summed E-state index contributed by atoms with van der Waals surface area (Å²) in [7, 11) is 1.66. The molecule has 6 heteroatoms. The van der Waals surface area contributed by atoms with Gasteiger partial charge in [-0.25, -0.2) is 0 Å². The van der Waals surface area contributed by atoms with E-state index in [1.54, 1.807) is 7.11 Å². The third-order valence-electron chi connectivity index (χ3n) is 3.41. The summed E-state index contributed by atoms with van der Waals surface area (Å²) in [5, 5.41) is 3.16. The average Bonchev–Trinajstić information content (AvgIpc) is 2.62. The average molecular weight is 424 g/mol. The number of ether oxygens (including phenoxy) is 3. The van der Waals surface area contributed by atoms with E-state index in [-0.39, 0.29) is 0 Å². The second kappa shape index (κ2) is 10.4. The van der Waals surface area contributed by atoms with E-state index in [0.717, 1.165) is 15.6 Å². The van der Waals surface area contributed by atoms with Crippen molar-refractivity contribution in [3.63, 3.8) is 0 Å². The van der Waals surface area contributed by atoms with Gasteiger partial charge in [-0.3, -0.25) is 0 Å². The molecule has 0 aliphatic heterocycles. The molecule has 0 saturated carbocycles. The summed E-state index contributed by atoms with van der Waals surface area (Å²) >= 11 is 8.84. The quantitative estimate of drug-likeness (QED) is 0.479. The molecule has 0 bridgehead atoms. The molecule has 134 valence electrons. The number of nitrogens with one attached hydrogen (secondary N) is 1. The van der Waals surface area contributed by atoms with E-state index in [4.69, 9.17) is 26.4 Å². The van der Waals surface area contributed by atoms with Crippen molar-refractivity contribution in [2.24, 2.45) is 0 Å². The first-order valence-electron chi connectivity index (χ1n) is 8.05. The maximum atomic E-state index is 5.92. The molecule has 0 heterocycles. The van der Waals surface area contributed by atoms with Crippen LogP contribution in [0, 0.1) is 0 Å². The second-order valence-electron chi connectivity index (χ2n) is 5.26. The molecule has 2 aromatic carbocycles. The Morgan fingerprint density at radius 1 is 1.08 bits per heavy atom. The Hall–Kier alpha value is -1.63. The minimum absolute atomic E-state index is 0.475. The Kier molecular flexibility index (Phi) is 8.18. The lowest BCUT2D eigenvalue weighted by Gasteiger charge is -2.14. The summed E-state index contributed by atoms with van der Waals surface area (Å²) in [6.07, 6.45) is 0. The normalized spacial score (nSPS) is 10.4. The summed E-state index contributed by atoms with van der Waals surface area (Å²) in [4.78, 5) is 0.664. The highest BCUT2D eigenvalue weighted by Crippen LogP contribution is 2.29. The molecular weight excluding hydrogens is 402 g/mol. The smallest absolute Gasteiger partial charge is 0.161 e. The van der Waals surface area contributed by atoms with Crippen molar-refractivity contribution in [3.8, 4) is 11.5 Å². The van der Waals surface area contributed by atoms with Crippen molar-refractivity contribution in [1.82, 2.24) is 5.32 Å². The van der Waals surface area contributed by atoms with Crippen LogP contribution in [0.15, 0.2) is 46.9 Å². The fourth-order valence-electron chi connectivity index (χ4n) is 2.15. The van der Waals surface area contributed by atoms with E-state index in [1.807, 2.05) is 49.4 Å². The van der Waals surface area contributed by atoms with Gasteiger partial charge in [-0.15, -0.1) is 0 Å². The van der Waals surface area contributed by atoms with Crippen LogP contribution in [0.2, 0.25) is 0 Å². The Morgan fingerprint density at radius 2 is 1.84 bits per heavy atom. The summed E-state index contributed by atoms with van der Waals surface area (Å²) < 4.78 is 17.7. The molecule has 2 rings (SSSR count). The molecule has 4 nitrogen and oxygen atoms in total. The molecule has 0 spiro atoms. The monoisotopic (exact) mass is 423 g/mol. The van der Waals surface area contributed by atoms with Crippen LogP contribution in [0.1, 0.15) is 18.1 Å². The summed E-state index contributed by atoms with van der Waals surface area (Å²) in [5.74, 6) is 1.39. The van der Waals surface area contributed by atoms with E-state index in [9.17, 15) is 0 Å². The Balaban J connectivity index is 2.06. The highest BCUT2D eigenvalue weighted by atomic mass is 79.9. The van der Waals surface area contributed by atoms with Crippen LogP contribution in [0.5, 0.6) is 11.5 Å². The van der Waals surface area contributed by atoms with Gasteiger partial charge >= 0.3 is 0 Å². The number of methoxy groups -OCH3 is 1. The second-order valence-corrected chi connectivity index (χ2v) is 6.58. The van der Waals surface area contributed by atoms with E-state index >= 15 is 0 Å². The van der Waals surface area contributed by atoms with Gasteiger partial charge < -0.3 is 19.5 Å². The molecule has 0 atom stereocenters. The van der Waals surface area contributed by atoms with Gasteiger partial charge in [0.25, 0.3) is 0 Å². The highest BCUT2D eigenvalue weighted by Gasteiger charge is 2.10. The van der Waals surface area contributed by atoms with Crippen molar-refractivity contribution in [3.05, 3.63) is 58.1 Å². The lowest BCUT2D eigenvalue weighted by Crippen LogP contribution is -2.26. The number of hydrogen-bond acceptors (Lipinski definition) is 4. The van der Waals surface area contributed by atoms with Crippen LogP contribution in [-0.2, 0) is 11.3 Å². The predicted octanol–water partition coefficient (Wildman–Crippen LogP) is 4.34. The number of hydrogen-bond donors (Lipinski definition) is 1. The molecule has 0 aliphatic rings. The minimum Gasteiger partial charge on any atom is -0.490 e. The van der Waals surface area contributed by atoms with E-state index in [1.165, 1.54) is 0 Å². The fourth-order valence-corrected chi connectivity index (χ4v) is 2.64. The summed E-state index contributed by atoms with van der Waals surface area (Å²) in [6.45, 7) is 4.25. The lowest BCUT2D eigenvalue weighted by molar-refractivity contribution is 0.204. The van der Waals surface area contributed by atoms with Gasteiger partial charge in [-0.05, 0) is 42.8 Å². The van der Waals surface area contributed by atoms with Crippen molar-refractivity contribution < 1.29 is 14.2 Å². The largest absolute Gasteiger partial charge is 0.490 e. The van der Waals surface area contributed by atoms with Crippen LogP contribution >= 0.6 is 28.1 Å². The zero-order chi connectivity index (χ0) is 18.1. The third kappa shape index (κ3) is 6.30. The molecule has 0 radical (unpaired) electrons. The van der Waals surface area contributed by atoms with Crippen LogP contribution in [0.4, 0.5) is 0 Å². The van der Waals surface area contributed by atoms with Gasteiger partial charge in [0.2, 0.25) is 0 Å². The number of benzene rings is 2. The standard InChI is InChI=1S/C19H22BrNO3S/c1-3-23-18-12-15(19(25)21-10-11-22-2)6-9-17(18)24-13-14-4-7-16(20)8-5-14/h4-9,12H,3,10-11,13H2,1-2H3,(H,21,25). The van der Waals surface area contributed by atoms with Crippen LogP contribution in [-0.4, -0.2) is 31.9 Å². The Morgan fingerprint density at radius 3 is 2.52 bits per heavy atom. The molecular formula is C19H22BrNO3S. The SMILES string of the molecule is CCOc1cc(C(=S)NCCOC)ccc1OCc1ccc(Br)cc1. The van der Waals surface area contributed by atoms with Crippen molar-refractivity contribution >= 4 is 33.1 Å². The van der Waals surface area contributed by atoms with Crippen molar-refractivity contribution in [1.29, 1.82) is 0 Å². The van der Waals surface area contributed by atoms with E-state index in [2.05, 4.69) is 21.2 Å². The lowest BCUT2D eigenvalue weighted by atomic mass is 10.2. The third-order valence-corrected chi connectivity index (χ3v) is 4.31. The Bertz CT molecular complexity index is 692. The molecule has 2 aromatic rings. The zero-order valence-electron chi connectivity index (χ0n) is 14.4. The first-order chi connectivity index (χ1) is 12.1. The molecule has 0 aromatic heterocycles. The van der Waals surface area contributed by atoms with Gasteiger partial charge in [0, 0.05) is 23.7 Å². The van der Waals surface area contributed by atoms with Gasteiger partial charge in [0.15, 0.2) is 11.5 Å². The van der Waals surface area contributed by atoms with E-state index in [0.29, 0.717) is 42.9 Å². The van der Waals surface area contributed by atoms with Gasteiger partial charge in [0.05, 0.1) is 13.2 Å².